The summed E-state index contributed by atoms with van der Waals surface area (Å²) in [5.41, 5.74) is 1.58. The highest BCUT2D eigenvalue weighted by Crippen LogP contribution is 2.15. The summed E-state index contributed by atoms with van der Waals surface area (Å²) in [6.07, 6.45) is 2.35. The van der Waals surface area contributed by atoms with Gasteiger partial charge in [0, 0.05) is 11.6 Å². The number of aliphatic carboxylic acids is 1. The van der Waals surface area contributed by atoms with Crippen LogP contribution in [0, 0.1) is 29.6 Å². The van der Waals surface area contributed by atoms with Crippen LogP contribution < -0.4 is 0 Å². The molecule has 6 heteroatoms. The number of hydrogen-bond acceptors (Lipinski definition) is 4. The molecule has 0 bridgehead atoms. The quantitative estimate of drug-likeness (QED) is 0.652. The molecule has 0 atom stereocenters. The lowest BCUT2D eigenvalue weighted by Crippen LogP contribution is -2.32. The van der Waals surface area contributed by atoms with Crippen molar-refractivity contribution in [3.8, 4) is 12.1 Å². The fraction of sp³-hybridized carbons (Fsp3) is 0.200. The van der Waals surface area contributed by atoms with Crippen molar-refractivity contribution in [2.75, 3.05) is 13.1 Å². The van der Waals surface area contributed by atoms with Gasteiger partial charge in [0.05, 0.1) is 12.1 Å². The van der Waals surface area contributed by atoms with E-state index >= 15 is 0 Å². The number of nitrogens with zero attached hydrogens (tertiary/aromatic N) is 3. The van der Waals surface area contributed by atoms with E-state index in [1.165, 1.54) is 6.08 Å². The summed E-state index contributed by atoms with van der Waals surface area (Å²) >= 11 is 0. The number of nitriles is 2. The molecular formula is C15H13N3O3. The minimum Gasteiger partial charge on any atom is -0.478 e. The first-order chi connectivity index (χ1) is 9.99. The van der Waals surface area contributed by atoms with E-state index in [2.05, 4.69) is 0 Å². The summed E-state index contributed by atoms with van der Waals surface area (Å²) in [7, 11) is 0. The molecule has 0 aliphatic carbocycles. The van der Waals surface area contributed by atoms with Gasteiger partial charge in [0.1, 0.15) is 13.1 Å². The van der Waals surface area contributed by atoms with E-state index in [4.69, 9.17) is 15.6 Å². The molecule has 0 saturated heterocycles. The fourth-order valence-corrected chi connectivity index (χ4v) is 1.68. The van der Waals surface area contributed by atoms with Crippen molar-refractivity contribution in [2.45, 2.75) is 6.92 Å². The highest BCUT2D eigenvalue weighted by Gasteiger charge is 2.17. The van der Waals surface area contributed by atoms with E-state index in [-0.39, 0.29) is 13.1 Å². The van der Waals surface area contributed by atoms with Crippen molar-refractivity contribution < 1.29 is 14.7 Å². The lowest BCUT2D eigenvalue weighted by molar-refractivity contribution is -0.131. The summed E-state index contributed by atoms with van der Waals surface area (Å²) in [4.78, 5) is 24.0. The zero-order valence-electron chi connectivity index (χ0n) is 11.4. The standard InChI is InChI=1S/C15H13N3O3/c1-11-2-3-12(4-5-14(19)20)10-13(11)15(21)18(8-6-16)9-7-17/h2-5,10H,8-9H2,1H3,(H,19,20). The summed E-state index contributed by atoms with van der Waals surface area (Å²) in [6.45, 7) is 1.37. The third kappa shape index (κ3) is 4.48. The normalized spacial score (nSPS) is 9.86. The molecule has 1 rings (SSSR count). The van der Waals surface area contributed by atoms with Crippen molar-refractivity contribution in [3.63, 3.8) is 0 Å². The number of rotatable bonds is 5. The number of aryl methyl sites for hydroxylation is 1. The molecule has 1 N–H and O–H groups in total. The van der Waals surface area contributed by atoms with Crippen LogP contribution in [0.3, 0.4) is 0 Å². The third-order valence-corrected chi connectivity index (χ3v) is 2.72. The Balaban J connectivity index is 3.13. The number of amides is 1. The van der Waals surface area contributed by atoms with Crippen molar-refractivity contribution in [1.29, 1.82) is 10.5 Å². The summed E-state index contributed by atoms with van der Waals surface area (Å²) in [5.74, 6) is -1.51. The van der Waals surface area contributed by atoms with Crippen LogP contribution in [0.5, 0.6) is 0 Å². The van der Waals surface area contributed by atoms with E-state index in [0.29, 0.717) is 16.7 Å². The van der Waals surface area contributed by atoms with Gasteiger partial charge < -0.3 is 10.0 Å². The molecule has 6 nitrogen and oxygen atoms in total. The number of carboxylic acids is 1. The van der Waals surface area contributed by atoms with Gasteiger partial charge in [-0.15, -0.1) is 0 Å². The van der Waals surface area contributed by atoms with Gasteiger partial charge in [0.2, 0.25) is 0 Å². The summed E-state index contributed by atoms with van der Waals surface area (Å²) in [6, 6.07) is 8.59. The van der Waals surface area contributed by atoms with E-state index in [1.54, 1.807) is 25.1 Å². The molecule has 0 heterocycles. The SMILES string of the molecule is Cc1ccc(C=CC(=O)O)cc1C(=O)N(CC#N)CC#N. The predicted octanol–water partition coefficient (Wildman–Crippen LogP) is 1.58. The van der Waals surface area contributed by atoms with Crippen molar-refractivity contribution in [2.24, 2.45) is 0 Å². The number of carbonyl (C=O) groups excluding carboxylic acids is 1. The Kier molecular flexibility index (Phi) is 5.66. The highest BCUT2D eigenvalue weighted by molar-refractivity contribution is 5.96. The molecule has 21 heavy (non-hydrogen) atoms. The largest absolute Gasteiger partial charge is 0.478 e. The van der Waals surface area contributed by atoms with Gasteiger partial charge in [-0.1, -0.05) is 12.1 Å². The lowest BCUT2D eigenvalue weighted by atomic mass is 10.0. The van der Waals surface area contributed by atoms with E-state index < -0.39 is 11.9 Å². The summed E-state index contributed by atoms with van der Waals surface area (Å²) < 4.78 is 0. The maximum Gasteiger partial charge on any atom is 0.328 e. The van der Waals surface area contributed by atoms with Crippen molar-refractivity contribution in [1.82, 2.24) is 4.90 Å². The maximum atomic E-state index is 12.3. The van der Waals surface area contributed by atoms with Crippen molar-refractivity contribution >= 4 is 18.0 Å². The first kappa shape index (κ1) is 15.9. The average molecular weight is 283 g/mol. The Morgan fingerprint density at radius 3 is 2.43 bits per heavy atom. The average Bonchev–Trinajstić information content (AvgIpc) is 2.45. The zero-order chi connectivity index (χ0) is 15.8. The van der Waals surface area contributed by atoms with Crippen LogP contribution in [-0.4, -0.2) is 35.0 Å². The molecule has 0 aliphatic rings. The Hall–Kier alpha value is -3.12. The van der Waals surface area contributed by atoms with Gasteiger partial charge in [0.15, 0.2) is 0 Å². The molecule has 0 aliphatic heterocycles. The van der Waals surface area contributed by atoms with Crippen molar-refractivity contribution in [3.05, 3.63) is 41.0 Å². The third-order valence-electron chi connectivity index (χ3n) is 2.72. The fourth-order valence-electron chi connectivity index (χ4n) is 1.68. The second-order valence-electron chi connectivity index (χ2n) is 4.22. The first-order valence-corrected chi connectivity index (χ1v) is 6.04. The highest BCUT2D eigenvalue weighted by atomic mass is 16.4. The van der Waals surface area contributed by atoms with Crippen LogP contribution >= 0.6 is 0 Å². The maximum absolute atomic E-state index is 12.3. The van der Waals surface area contributed by atoms with Gasteiger partial charge >= 0.3 is 5.97 Å². The molecule has 1 aromatic carbocycles. The molecule has 0 saturated carbocycles. The number of hydrogen-bond donors (Lipinski definition) is 1. The Morgan fingerprint density at radius 2 is 1.90 bits per heavy atom. The van der Waals surface area contributed by atoms with E-state index in [9.17, 15) is 9.59 Å². The lowest BCUT2D eigenvalue weighted by Gasteiger charge is -2.17. The van der Waals surface area contributed by atoms with Gasteiger partial charge in [-0.2, -0.15) is 10.5 Å². The number of carbonyl (C=O) groups is 2. The van der Waals surface area contributed by atoms with Crippen LogP contribution in [0.2, 0.25) is 0 Å². The smallest absolute Gasteiger partial charge is 0.328 e. The number of benzene rings is 1. The van der Waals surface area contributed by atoms with Gasteiger partial charge in [0.25, 0.3) is 5.91 Å². The molecule has 0 unspecified atom stereocenters. The molecule has 0 fully saturated rings. The van der Waals surface area contributed by atoms with Crippen LogP contribution in [0.15, 0.2) is 24.3 Å². The van der Waals surface area contributed by atoms with Gasteiger partial charge in [-0.05, 0) is 30.2 Å². The molecule has 0 radical (unpaired) electrons. The van der Waals surface area contributed by atoms with E-state index in [1.807, 2.05) is 12.1 Å². The predicted molar refractivity (Wildman–Crippen MR) is 75.0 cm³/mol. The number of carboxylic acid groups (broad SMARTS) is 1. The van der Waals surface area contributed by atoms with Crippen LogP contribution in [0.1, 0.15) is 21.5 Å². The Labute approximate surface area is 122 Å². The Bertz CT molecular complexity index is 650. The molecule has 0 spiro atoms. The monoisotopic (exact) mass is 283 g/mol. The first-order valence-electron chi connectivity index (χ1n) is 6.04. The van der Waals surface area contributed by atoms with Crippen LogP contribution in [-0.2, 0) is 4.79 Å². The zero-order valence-corrected chi connectivity index (χ0v) is 11.4. The van der Waals surface area contributed by atoms with Crippen LogP contribution in [0.4, 0.5) is 0 Å². The van der Waals surface area contributed by atoms with Gasteiger partial charge in [-0.3, -0.25) is 4.79 Å². The molecular weight excluding hydrogens is 270 g/mol. The Morgan fingerprint density at radius 1 is 1.29 bits per heavy atom. The molecule has 0 aromatic heterocycles. The van der Waals surface area contributed by atoms with E-state index in [0.717, 1.165) is 11.0 Å². The second kappa shape index (κ2) is 7.46. The minimum absolute atomic E-state index is 0.180. The minimum atomic E-state index is -1.08. The topological polar surface area (TPSA) is 105 Å². The summed E-state index contributed by atoms with van der Waals surface area (Å²) in [5, 5.41) is 26.0. The van der Waals surface area contributed by atoms with Gasteiger partial charge in [-0.25, -0.2) is 4.79 Å². The molecule has 106 valence electrons. The molecule has 1 amide bonds. The van der Waals surface area contributed by atoms with Crippen LogP contribution in [0.25, 0.3) is 6.08 Å². The second-order valence-corrected chi connectivity index (χ2v) is 4.22. The molecule has 1 aromatic rings.